The van der Waals surface area contributed by atoms with Crippen molar-refractivity contribution in [3.8, 4) is 5.75 Å². The van der Waals surface area contributed by atoms with Gasteiger partial charge in [-0.3, -0.25) is 0 Å². The minimum Gasteiger partial charge on any atom is -0.485 e. The minimum absolute atomic E-state index is 0.0399. The maximum absolute atomic E-state index is 11.9. The summed E-state index contributed by atoms with van der Waals surface area (Å²) >= 11 is 0. The van der Waals surface area contributed by atoms with Crippen LogP contribution in [0.1, 0.15) is 43.9 Å². The zero-order chi connectivity index (χ0) is 15.0. The largest absolute Gasteiger partial charge is 0.485 e. The summed E-state index contributed by atoms with van der Waals surface area (Å²) in [5, 5.41) is 9.50. The molecule has 0 amide bonds. The number of fused-ring (bicyclic) bond motifs is 2. The summed E-state index contributed by atoms with van der Waals surface area (Å²) in [5.74, 6) is 2.05. The molecule has 0 spiro atoms. The standard InChI is InChI=1S/C17H22O4/c1-3-11(9-18)12-4-5-13-7-14-16(21-15(13)8-12)6-10(2)20-17(14)19/h6-7,11-12,15,18H,3-5,8-9H2,1-2H3/t11?,12-,15-/m0/s1. The average molecular weight is 290 g/mol. The molecule has 1 aliphatic heterocycles. The zero-order valence-corrected chi connectivity index (χ0v) is 12.6. The quantitative estimate of drug-likeness (QED) is 0.930. The number of aliphatic hydroxyl groups is 1. The van der Waals surface area contributed by atoms with Crippen molar-refractivity contribution in [3.05, 3.63) is 33.4 Å². The fraction of sp³-hybridized carbons (Fsp3) is 0.588. The van der Waals surface area contributed by atoms with E-state index in [-0.39, 0.29) is 18.3 Å². The average Bonchev–Trinajstić information content (AvgIpc) is 2.46. The molecule has 3 rings (SSSR count). The van der Waals surface area contributed by atoms with Crippen molar-refractivity contribution in [1.29, 1.82) is 0 Å². The molecule has 1 aromatic rings. The van der Waals surface area contributed by atoms with Gasteiger partial charge in [-0.1, -0.05) is 13.3 Å². The van der Waals surface area contributed by atoms with Gasteiger partial charge in [0.2, 0.25) is 0 Å². The lowest BCUT2D eigenvalue weighted by molar-refractivity contribution is 0.101. The van der Waals surface area contributed by atoms with Gasteiger partial charge in [-0.25, -0.2) is 4.79 Å². The smallest absolute Gasteiger partial charge is 0.346 e. The van der Waals surface area contributed by atoms with Gasteiger partial charge in [-0.15, -0.1) is 0 Å². The second-order valence-electron chi connectivity index (χ2n) is 6.13. The van der Waals surface area contributed by atoms with Gasteiger partial charge in [-0.05, 0) is 49.7 Å². The molecule has 1 saturated carbocycles. The van der Waals surface area contributed by atoms with E-state index >= 15 is 0 Å². The maximum atomic E-state index is 11.9. The van der Waals surface area contributed by atoms with E-state index in [0.717, 1.165) is 25.7 Å². The Morgan fingerprint density at radius 1 is 1.48 bits per heavy atom. The summed E-state index contributed by atoms with van der Waals surface area (Å²) in [6.45, 7) is 4.12. The topological polar surface area (TPSA) is 59.7 Å². The van der Waals surface area contributed by atoms with Crippen molar-refractivity contribution >= 4 is 6.08 Å². The third kappa shape index (κ3) is 2.64. The SMILES string of the molecule is CCC(CO)[C@H]1CCC2=Cc3c(cc(C)oc3=O)O[C@H]2C1. The van der Waals surface area contributed by atoms with Gasteiger partial charge in [-0.2, -0.15) is 0 Å². The molecule has 3 atom stereocenters. The van der Waals surface area contributed by atoms with Gasteiger partial charge in [0.1, 0.15) is 23.2 Å². The normalized spacial score (nSPS) is 25.4. The van der Waals surface area contributed by atoms with Crippen molar-refractivity contribution in [1.82, 2.24) is 0 Å². The molecule has 1 unspecified atom stereocenters. The predicted octanol–water partition coefficient (Wildman–Crippen LogP) is 2.91. The summed E-state index contributed by atoms with van der Waals surface area (Å²) in [6, 6.07) is 1.79. The third-order valence-electron chi connectivity index (χ3n) is 4.83. The molecule has 1 aliphatic carbocycles. The Morgan fingerprint density at radius 3 is 3.00 bits per heavy atom. The van der Waals surface area contributed by atoms with Crippen molar-refractivity contribution < 1.29 is 14.3 Å². The van der Waals surface area contributed by atoms with E-state index in [4.69, 9.17) is 9.15 Å². The maximum Gasteiger partial charge on any atom is 0.346 e. The monoisotopic (exact) mass is 290 g/mol. The molecule has 1 aromatic heterocycles. The number of ether oxygens (including phenoxy) is 1. The molecule has 0 aromatic carbocycles. The van der Waals surface area contributed by atoms with Crippen LogP contribution >= 0.6 is 0 Å². The van der Waals surface area contributed by atoms with E-state index in [1.807, 2.05) is 6.08 Å². The van der Waals surface area contributed by atoms with Gasteiger partial charge in [0, 0.05) is 12.7 Å². The molecule has 0 saturated heterocycles. The van der Waals surface area contributed by atoms with Gasteiger partial charge in [0.15, 0.2) is 0 Å². The summed E-state index contributed by atoms with van der Waals surface area (Å²) in [5.41, 5.74) is 1.40. The Bertz CT molecular complexity index is 610. The summed E-state index contributed by atoms with van der Waals surface area (Å²) < 4.78 is 11.2. The van der Waals surface area contributed by atoms with E-state index in [1.54, 1.807) is 13.0 Å². The lowest BCUT2D eigenvalue weighted by Crippen LogP contribution is -2.34. The van der Waals surface area contributed by atoms with E-state index in [2.05, 4.69) is 6.92 Å². The highest BCUT2D eigenvalue weighted by Gasteiger charge is 2.34. The lowest BCUT2D eigenvalue weighted by Gasteiger charge is -2.37. The summed E-state index contributed by atoms with van der Waals surface area (Å²) in [6.07, 6.45) is 5.88. The molecule has 1 N–H and O–H groups in total. The first-order chi connectivity index (χ1) is 10.1. The van der Waals surface area contributed by atoms with Crippen LogP contribution in [0.15, 0.2) is 20.9 Å². The van der Waals surface area contributed by atoms with E-state index in [9.17, 15) is 9.90 Å². The van der Waals surface area contributed by atoms with Crippen molar-refractivity contribution in [3.63, 3.8) is 0 Å². The van der Waals surface area contributed by atoms with Gasteiger partial charge >= 0.3 is 5.63 Å². The van der Waals surface area contributed by atoms with Crippen LogP contribution in [0.4, 0.5) is 0 Å². The van der Waals surface area contributed by atoms with E-state index in [1.165, 1.54) is 5.57 Å². The summed E-state index contributed by atoms with van der Waals surface area (Å²) in [4.78, 5) is 11.9. The van der Waals surface area contributed by atoms with Crippen LogP contribution in [0.2, 0.25) is 0 Å². The van der Waals surface area contributed by atoms with E-state index < -0.39 is 0 Å². The van der Waals surface area contributed by atoms with E-state index in [0.29, 0.717) is 28.9 Å². The third-order valence-corrected chi connectivity index (χ3v) is 4.83. The highest BCUT2D eigenvalue weighted by atomic mass is 16.5. The van der Waals surface area contributed by atoms with Gasteiger partial charge in [0.25, 0.3) is 0 Å². The van der Waals surface area contributed by atoms with Crippen LogP contribution in [0, 0.1) is 18.8 Å². The molecule has 2 aliphatic rings. The molecule has 2 heterocycles. The second kappa shape index (κ2) is 5.68. The highest BCUT2D eigenvalue weighted by Crippen LogP contribution is 2.40. The first-order valence-corrected chi connectivity index (χ1v) is 7.75. The fourth-order valence-corrected chi connectivity index (χ4v) is 3.55. The Balaban J connectivity index is 1.87. The molecule has 0 bridgehead atoms. The molecule has 21 heavy (non-hydrogen) atoms. The van der Waals surface area contributed by atoms with Crippen LogP contribution in [-0.4, -0.2) is 17.8 Å². The Kier molecular flexibility index (Phi) is 3.89. The Morgan fingerprint density at radius 2 is 2.29 bits per heavy atom. The molecule has 4 heteroatoms. The van der Waals surface area contributed by atoms with Crippen molar-refractivity contribution in [2.75, 3.05) is 6.61 Å². The fourth-order valence-electron chi connectivity index (χ4n) is 3.55. The Hall–Kier alpha value is -1.55. The second-order valence-corrected chi connectivity index (χ2v) is 6.13. The number of hydrogen-bond acceptors (Lipinski definition) is 4. The van der Waals surface area contributed by atoms with Crippen LogP contribution < -0.4 is 10.4 Å². The first-order valence-electron chi connectivity index (χ1n) is 7.75. The van der Waals surface area contributed by atoms with Crippen LogP contribution in [0.5, 0.6) is 5.75 Å². The molecule has 4 nitrogen and oxygen atoms in total. The molecule has 0 radical (unpaired) electrons. The number of aryl methyl sites for hydroxylation is 1. The predicted molar refractivity (Wildman–Crippen MR) is 80.3 cm³/mol. The number of hydrogen-bond donors (Lipinski definition) is 1. The molecule has 114 valence electrons. The summed E-state index contributed by atoms with van der Waals surface area (Å²) in [7, 11) is 0. The first kappa shape index (κ1) is 14.4. The number of aliphatic hydroxyl groups excluding tert-OH is 1. The molecular weight excluding hydrogens is 268 g/mol. The van der Waals surface area contributed by atoms with Crippen LogP contribution in [0.25, 0.3) is 6.08 Å². The van der Waals surface area contributed by atoms with Gasteiger partial charge in [0.05, 0.1) is 0 Å². The van der Waals surface area contributed by atoms with Gasteiger partial charge < -0.3 is 14.3 Å². The Labute approximate surface area is 124 Å². The van der Waals surface area contributed by atoms with Crippen LogP contribution in [0.3, 0.4) is 0 Å². The van der Waals surface area contributed by atoms with Crippen molar-refractivity contribution in [2.24, 2.45) is 11.8 Å². The minimum atomic E-state index is -0.320. The lowest BCUT2D eigenvalue weighted by atomic mass is 9.75. The highest BCUT2D eigenvalue weighted by molar-refractivity contribution is 5.62. The number of rotatable bonds is 3. The molecular formula is C17H22O4. The molecule has 1 fully saturated rings. The zero-order valence-electron chi connectivity index (χ0n) is 12.6. The van der Waals surface area contributed by atoms with Crippen molar-refractivity contribution in [2.45, 2.75) is 45.6 Å². The van der Waals surface area contributed by atoms with Crippen LogP contribution in [-0.2, 0) is 0 Å².